The number of ether oxygens (including phenoxy) is 1. The molecule has 0 spiro atoms. The van der Waals surface area contributed by atoms with E-state index in [0.29, 0.717) is 9.33 Å². The standard InChI is InChI=1S/C8H9IO3/c1-5(2)12-8(10)6-3-4-11-7(6)9/h3-5H,1-2H3. The SMILES string of the molecule is CC(C)OC(=O)c1ccoc1I. The Morgan fingerprint density at radius 3 is 2.75 bits per heavy atom. The molecule has 0 aliphatic heterocycles. The van der Waals surface area contributed by atoms with Crippen LogP contribution in [0.2, 0.25) is 0 Å². The predicted molar refractivity (Wildman–Crippen MR) is 52.0 cm³/mol. The third-order valence-corrected chi connectivity index (χ3v) is 2.02. The Hall–Kier alpha value is -0.520. The molecule has 0 aliphatic rings. The third-order valence-electron chi connectivity index (χ3n) is 1.18. The van der Waals surface area contributed by atoms with Gasteiger partial charge in [-0.15, -0.1) is 0 Å². The van der Waals surface area contributed by atoms with Crippen LogP contribution in [-0.4, -0.2) is 12.1 Å². The molecule has 66 valence electrons. The first-order valence-corrected chi connectivity index (χ1v) is 4.63. The first-order valence-electron chi connectivity index (χ1n) is 3.55. The Labute approximate surface area is 84.2 Å². The molecule has 0 N–H and O–H groups in total. The van der Waals surface area contributed by atoms with Crippen molar-refractivity contribution in [1.29, 1.82) is 0 Å². The highest BCUT2D eigenvalue weighted by Gasteiger charge is 2.14. The lowest BCUT2D eigenvalue weighted by atomic mass is 10.3. The molecule has 0 saturated heterocycles. The van der Waals surface area contributed by atoms with Crippen LogP contribution in [0, 0.1) is 3.77 Å². The van der Waals surface area contributed by atoms with Crippen molar-refractivity contribution in [2.75, 3.05) is 0 Å². The third kappa shape index (κ3) is 2.23. The van der Waals surface area contributed by atoms with Gasteiger partial charge in [-0.2, -0.15) is 0 Å². The van der Waals surface area contributed by atoms with E-state index in [1.54, 1.807) is 6.07 Å². The summed E-state index contributed by atoms with van der Waals surface area (Å²) in [6, 6.07) is 1.60. The van der Waals surface area contributed by atoms with Crippen molar-refractivity contribution in [3.05, 3.63) is 21.7 Å². The van der Waals surface area contributed by atoms with Crippen molar-refractivity contribution in [3.8, 4) is 0 Å². The molecule has 0 radical (unpaired) electrons. The van der Waals surface area contributed by atoms with Crippen LogP contribution in [-0.2, 0) is 4.74 Å². The molecule has 0 bridgehead atoms. The van der Waals surface area contributed by atoms with Crippen LogP contribution in [0.25, 0.3) is 0 Å². The Morgan fingerprint density at radius 1 is 1.67 bits per heavy atom. The fourth-order valence-corrected chi connectivity index (χ4v) is 1.26. The van der Waals surface area contributed by atoms with E-state index in [9.17, 15) is 4.79 Å². The van der Waals surface area contributed by atoms with Crippen LogP contribution in [0.15, 0.2) is 16.7 Å². The van der Waals surface area contributed by atoms with E-state index in [1.165, 1.54) is 6.26 Å². The number of rotatable bonds is 2. The average Bonchev–Trinajstić information content (AvgIpc) is 2.33. The highest BCUT2D eigenvalue weighted by atomic mass is 127. The lowest BCUT2D eigenvalue weighted by Gasteiger charge is -2.05. The molecule has 0 aromatic carbocycles. The fraction of sp³-hybridized carbons (Fsp3) is 0.375. The van der Waals surface area contributed by atoms with Gasteiger partial charge in [-0.25, -0.2) is 4.79 Å². The summed E-state index contributed by atoms with van der Waals surface area (Å²) in [5, 5.41) is 0. The number of hydrogen-bond donors (Lipinski definition) is 0. The molecule has 0 saturated carbocycles. The van der Waals surface area contributed by atoms with Gasteiger partial charge < -0.3 is 9.15 Å². The highest BCUT2D eigenvalue weighted by Crippen LogP contribution is 2.14. The highest BCUT2D eigenvalue weighted by molar-refractivity contribution is 14.1. The van der Waals surface area contributed by atoms with E-state index < -0.39 is 0 Å². The van der Waals surface area contributed by atoms with E-state index in [2.05, 4.69) is 0 Å². The Morgan fingerprint density at radius 2 is 2.33 bits per heavy atom. The number of carbonyl (C=O) groups excluding carboxylic acids is 1. The summed E-state index contributed by atoms with van der Waals surface area (Å²) >= 11 is 1.95. The maximum atomic E-state index is 11.3. The van der Waals surface area contributed by atoms with Crippen molar-refractivity contribution in [2.45, 2.75) is 20.0 Å². The van der Waals surface area contributed by atoms with Crippen LogP contribution in [0.1, 0.15) is 24.2 Å². The van der Waals surface area contributed by atoms with Crippen molar-refractivity contribution < 1.29 is 13.9 Å². The molecular weight excluding hydrogens is 271 g/mol. The zero-order valence-corrected chi connectivity index (χ0v) is 8.99. The predicted octanol–water partition coefficient (Wildman–Crippen LogP) is 2.45. The maximum Gasteiger partial charge on any atom is 0.342 e. The van der Waals surface area contributed by atoms with Gasteiger partial charge in [0, 0.05) is 22.6 Å². The van der Waals surface area contributed by atoms with Crippen LogP contribution < -0.4 is 0 Å². The number of carbonyl (C=O) groups is 1. The lowest BCUT2D eigenvalue weighted by Crippen LogP contribution is -2.11. The minimum absolute atomic E-state index is 0.0943. The van der Waals surface area contributed by atoms with Gasteiger partial charge in [0.25, 0.3) is 0 Å². The second-order valence-corrected chi connectivity index (χ2v) is 3.54. The first kappa shape index (κ1) is 9.57. The second kappa shape index (κ2) is 3.93. The van der Waals surface area contributed by atoms with Crippen LogP contribution in [0.4, 0.5) is 0 Å². The van der Waals surface area contributed by atoms with Crippen LogP contribution in [0.5, 0.6) is 0 Å². The van der Waals surface area contributed by atoms with E-state index in [1.807, 2.05) is 36.4 Å². The Balaban J connectivity index is 2.72. The number of halogens is 1. The van der Waals surface area contributed by atoms with Gasteiger partial charge in [-0.1, -0.05) is 0 Å². The topological polar surface area (TPSA) is 39.4 Å². The molecule has 3 nitrogen and oxygen atoms in total. The largest absolute Gasteiger partial charge is 0.459 e. The molecule has 0 aliphatic carbocycles. The first-order chi connectivity index (χ1) is 5.61. The summed E-state index contributed by atoms with van der Waals surface area (Å²) < 4.78 is 10.5. The van der Waals surface area contributed by atoms with E-state index in [-0.39, 0.29) is 12.1 Å². The Kier molecular flexibility index (Phi) is 3.13. The summed E-state index contributed by atoms with van der Waals surface area (Å²) in [7, 11) is 0. The van der Waals surface area contributed by atoms with Crippen molar-refractivity contribution in [2.24, 2.45) is 0 Å². The van der Waals surface area contributed by atoms with Crippen molar-refractivity contribution >= 4 is 28.6 Å². The average molecular weight is 280 g/mol. The van der Waals surface area contributed by atoms with Crippen molar-refractivity contribution in [3.63, 3.8) is 0 Å². The molecule has 4 heteroatoms. The summed E-state index contributed by atoms with van der Waals surface area (Å²) in [6.07, 6.45) is 1.38. The molecule has 0 amide bonds. The number of hydrogen-bond acceptors (Lipinski definition) is 3. The Bertz CT molecular complexity index is 278. The van der Waals surface area contributed by atoms with Gasteiger partial charge in [-0.3, -0.25) is 0 Å². The quantitative estimate of drug-likeness (QED) is 0.617. The molecule has 1 rings (SSSR count). The van der Waals surface area contributed by atoms with Gasteiger partial charge in [0.05, 0.1) is 12.4 Å². The summed E-state index contributed by atoms with van der Waals surface area (Å²) in [5.41, 5.74) is 0.490. The normalized spacial score (nSPS) is 10.3. The monoisotopic (exact) mass is 280 g/mol. The van der Waals surface area contributed by atoms with Gasteiger partial charge in [0.15, 0.2) is 3.77 Å². The minimum atomic E-state index is -0.330. The van der Waals surface area contributed by atoms with Gasteiger partial charge in [0.2, 0.25) is 0 Å². The molecule has 1 aromatic rings. The lowest BCUT2D eigenvalue weighted by molar-refractivity contribution is 0.0375. The summed E-state index contributed by atoms with van der Waals surface area (Å²) in [4.78, 5) is 11.3. The summed E-state index contributed by atoms with van der Waals surface area (Å²) in [6.45, 7) is 3.62. The van der Waals surface area contributed by atoms with Gasteiger partial charge >= 0.3 is 5.97 Å². The molecule has 1 aromatic heterocycles. The fourth-order valence-electron chi connectivity index (χ4n) is 0.717. The zero-order valence-electron chi connectivity index (χ0n) is 6.83. The molecule has 1 heterocycles. The molecular formula is C8H9IO3. The zero-order chi connectivity index (χ0) is 9.14. The van der Waals surface area contributed by atoms with E-state index in [4.69, 9.17) is 9.15 Å². The van der Waals surface area contributed by atoms with Crippen LogP contribution in [0.3, 0.4) is 0 Å². The summed E-state index contributed by atoms with van der Waals surface area (Å²) in [5.74, 6) is -0.330. The molecule has 0 atom stereocenters. The molecule has 12 heavy (non-hydrogen) atoms. The molecule has 0 fully saturated rings. The number of esters is 1. The van der Waals surface area contributed by atoms with E-state index >= 15 is 0 Å². The van der Waals surface area contributed by atoms with Crippen LogP contribution >= 0.6 is 22.6 Å². The minimum Gasteiger partial charge on any atom is -0.459 e. The molecule has 0 unspecified atom stereocenters. The smallest absolute Gasteiger partial charge is 0.342 e. The maximum absolute atomic E-state index is 11.3. The second-order valence-electron chi connectivity index (χ2n) is 2.56. The van der Waals surface area contributed by atoms with E-state index in [0.717, 1.165) is 0 Å². The van der Waals surface area contributed by atoms with Crippen molar-refractivity contribution in [1.82, 2.24) is 0 Å². The number of furan rings is 1. The van der Waals surface area contributed by atoms with Gasteiger partial charge in [-0.05, 0) is 19.9 Å². The van der Waals surface area contributed by atoms with Gasteiger partial charge in [0.1, 0.15) is 5.56 Å².